The number of aromatic nitrogens is 2. The predicted molar refractivity (Wildman–Crippen MR) is 116 cm³/mol. The Morgan fingerprint density at radius 2 is 1.93 bits per heavy atom. The van der Waals surface area contributed by atoms with Gasteiger partial charge < -0.3 is 20.3 Å². The predicted octanol–water partition coefficient (Wildman–Crippen LogP) is 3.47. The van der Waals surface area contributed by atoms with E-state index in [-0.39, 0.29) is 17.2 Å². The van der Waals surface area contributed by atoms with Crippen LogP contribution in [0.1, 0.15) is 21.1 Å². The second-order valence-electron chi connectivity index (χ2n) is 7.12. The van der Waals surface area contributed by atoms with E-state index in [0.717, 1.165) is 5.39 Å². The number of benzene rings is 2. The Morgan fingerprint density at radius 1 is 1.21 bits per heavy atom. The Morgan fingerprint density at radius 3 is 2.69 bits per heavy atom. The normalized spacial score (nSPS) is 11.4. The molecule has 148 valence electrons. The van der Waals surface area contributed by atoms with Crippen molar-refractivity contribution in [3.05, 3.63) is 63.0 Å². The first kappa shape index (κ1) is 19.1. The molecular formula is C21H20N4O3S. The molecular weight excluding hydrogens is 388 g/mol. The second-order valence-corrected chi connectivity index (χ2v) is 8.12. The molecule has 0 fully saturated rings. The van der Waals surface area contributed by atoms with Gasteiger partial charge in [-0.05, 0) is 38.7 Å². The van der Waals surface area contributed by atoms with Gasteiger partial charge in [-0.15, -0.1) is 11.3 Å². The molecule has 8 heteroatoms. The maximum Gasteiger partial charge on any atom is 0.266 e. The standard InChI is InChI=1S/C21H20N4O3S/c1-11-17-19(27)23-16(10-25(2)3)24-21(17)29-18(11)20(28)22-14-8-4-7-13-12(14)6-5-9-15(13)26/h4-9,26H,10H2,1-3H3,(H,22,28)(H,23,24,27). The lowest BCUT2D eigenvalue weighted by molar-refractivity contribution is 0.103. The van der Waals surface area contributed by atoms with Gasteiger partial charge in [-0.2, -0.15) is 0 Å². The second kappa shape index (κ2) is 7.31. The number of hydrogen-bond donors (Lipinski definition) is 3. The quantitative estimate of drug-likeness (QED) is 0.480. The van der Waals surface area contributed by atoms with Gasteiger partial charge in [-0.25, -0.2) is 4.98 Å². The molecule has 0 aliphatic rings. The minimum Gasteiger partial charge on any atom is -0.507 e. The van der Waals surface area contributed by atoms with E-state index in [1.807, 2.05) is 25.1 Å². The molecule has 0 aliphatic heterocycles. The lowest BCUT2D eigenvalue weighted by Crippen LogP contribution is -2.18. The third kappa shape index (κ3) is 3.48. The van der Waals surface area contributed by atoms with Crippen molar-refractivity contribution in [3.8, 4) is 5.75 Å². The van der Waals surface area contributed by atoms with Gasteiger partial charge in [0, 0.05) is 16.5 Å². The molecule has 1 amide bonds. The molecule has 0 spiro atoms. The van der Waals surface area contributed by atoms with Crippen molar-refractivity contribution in [2.45, 2.75) is 13.5 Å². The molecule has 7 nitrogen and oxygen atoms in total. The number of fused-ring (bicyclic) bond motifs is 2. The van der Waals surface area contributed by atoms with Gasteiger partial charge in [0.05, 0.1) is 16.8 Å². The molecule has 0 saturated heterocycles. The Kier molecular flexibility index (Phi) is 4.81. The van der Waals surface area contributed by atoms with Crippen LogP contribution in [0.3, 0.4) is 0 Å². The number of amides is 1. The average molecular weight is 408 g/mol. The summed E-state index contributed by atoms with van der Waals surface area (Å²) in [5, 5.41) is 14.8. The maximum absolute atomic E-state index is 13.0. The van der Waals surface area contributed by atoms with Crippen molar-refractivity contribution in [2.24, 2.45) is 0 Å². The summed E-state index contributed by atoms with van der Waals surface area (Å²) in [6, 6.07) is 10.5. The summed E-state index contributed by atoms with van der Waals surface area (Å²) in [6.07, 6.45) is 0. The van der Waals surface area contributed by atoms with Crippen LogP contribution < -0.4 is 10.9 Å². The summed E-state index contributed by atoms with van der Waals surface area (Å²) in [6.45, 7) is 2.26. The van der Waals surface area contributed by atoms with E-state index in [4.69, 9.17) is 0 Å². The van der Waals surface area contributed by atoms with Crippen molar-refractivity contribution in [1.29, 1.82) is 0 Å². The van der Waals surface area contributed by atoms with Crippen molar-refractivity contribution in [3.63, 3.8) is 0 Å². The highest BCUT2D eigenvalue weighted by atomic mass is 32.1. The van der Waals surface area contributed by atoms with Gasteiger partial charge in [0.1, 0.15) is 16.4 Å². The number of phenolic OH excluding ortho intramolecular Hbond substituents is 1. The number of carbonyl (C=O) groups excluding carboxylic acids is 1. The Bertz CT molecular complexity index is 1310. The fraction of sp³-hybridized carbons (Fsp3) is 0.190. The van der Waals surface area contributed by atoms with E-state index in [9.17, 15) is 14.7 Å². The number of carbonyl (C=O) groups is 1. The zero-order valence-electron chi connectivity index (χ0n) is 16.2. The van der Waals surface area contributed by atoms with Gasteiger partial charge in [0.15, 0.2) is 0 Å². The fourth-order valence-electron chi connectivity index (χ4n) is 3.36. The Labute approximate surface area is 170 Å². The zero-order valence-corrected chi connectivity index (χ0v) is 17.1. The number of rotatable bonds is 4. The summed E-state index contributed by atoms with van der Waals surface area (Å²) in [7, 11) is 3.79. The van der Waals surface area contributed by atoms with Crippen LogP contribution in [0.4, 0.5) is 5.69 Å². The van der Waals surface area contributed by atoms with Crippen LogP contribution in [0.15, 0.2) is 41.2 Å². The van der Waals surface area contributed by atoms with Gasteiger partial charge >= 0.3 is 0 Å². The lowest BCUT2D eigenvalue weighted by atomic mass is 10.1. The molecule has 4 aromatic rings. The van der Waals surface area contributed by atoms with Crippen LogP contribution in [-0.2, 0) is 6.54 Å². The average Bonchev–Trinajstić information content (AvgIpc) is 2.99. The number of nitrogens with zero attached hydrogens (tertiary/aromatic N) is 2. The first-order valence-electron chi connectivity index (χ1n) is 9.04. The van der Waals surface area contributed by atoms with E-state index >= 15 is 0 Å². The molecule has 29 heavy (non-hydrogen) atoms. The Balaban J connectivity index is 1.75. The number of aryl methyl sites for hydroxylation is 1. The molecule has 0 radical (unpaired) electrons. The lowest BCUT2D eigenvalue weighted by Gasteiger charge is -2.09. The van der Waals surface area contributed by atoms with Gasteiger partial charge in [-0.1, -0.05) is 24.3 Å². The number of H-pyrrole nitrogens is 1. The van der Waals surface area contributed by atoms with Crippen LogP contribution in [0.2, 0.25) is 0 Å². The highest BCUT2D eigenvalue weighted by Crippen LogP contribution is 2.32. The summed E-state index contributed by atoms with van der Waals surface area (Å²) in [4.78, 5) is 35.7. The van der Waals surface area contributed by atoms with Crippen LogP contribution >= 0.6 is 11.3 Å². The summed E-state index contributed by atoms with van der Waals surface area (Å²) < 4.78 is 0. The fourth-order valence-corrected chi connectivity index (χ4v) is 4.46. The number of phenols is 1. The molecule has 0 aliphatic carbocycles. The largest absolute Gasteiger partial charge is 0.507 e. The minimum atomic E-state index is -0.310. The highest BCUT2D eigenvalue weighted by Gasteiger charge is 2.20. The summed E-state index contributed by atoms with van der Waals surface area (Å²) >= 11 is 1.20. The summed E-state index contributed by atoms with van der Waals surface area (Å²) in [5.74, 6) is 0.404. The van der Waals surface area contributed by atoms with E-state index in [1.165, 1.54) is 11.3 Å². The first-order chi connectivity index (χ1) is 13.8. The number of hydrogen-bond acceptors (Lipinski definition) is 6. The highest BCUT2D eigenvalue weighted by molar-refractivity contribution is 7.20. The van der Waals surface area contributed by atoms with E-state index in [2.05, 4.69) is 15.3 Å². The Hall–Kier alpha value is -3.23. The third-order valence-electron chi connectivity index (χ3n) is 4.67. The van der Waals surface area contributed by atoms with E-state index < -0.39 is 0 Å². The van der Waals surface area contributed by atoms with Crippen molar-refractivity contribution < 1.29 is 9.90 Å². The summed E-state index contributed by atoms with van der Waals surface area (Å²) in [5.41, 5.74) is 0.959. The SMILES string of the molecule is Cc1c(C(=O)Nc2cccc3c(O)cccc23)sc2nc(CN(C)C)[nH]c(=O)c12. The number of thiophene rings is 1. The molecule has 2 aromatic heterocycles. The molecule has 3 N–H and O–H groups in total. The zero-order chi connectivity index (χ0) is 20.7. The van der Waals surface area contributed by atoms with Crippen molar-refractivity contribution in [2.75, 3.05) is 19.4 Å². The van der Waals surface area contributed by atoms with Crippen LogP contribution in [0.5, 0.6) is 5.75 Å². The number of anilines is 1. The third-order valence-corrected chi connectivity index (χ3v) is 5.85. The van der Waals surface area contributed by atoms with Crippen LogP contribution in [-0.4, -0.2) is 40.0 Å². The van der Waals surface area contributed by atoms with Crippen molar-refractivity contribution in [1.82, 2.24) is 14.9 Å². The topological polar surface area (TPSA) is 98.3 Å². The smallest absolute Gasteiger partial charge is 0.266 e. The molecule has 2 heterocycles. The number of aromatic amines is 1. The molecule has 0 atom stereocenters. The monoisotopic (exact) mass is 408 g/mol. The van der Waals surface area contributed by atoms with Crippen LogP contribution in [0, 0.1) is 6.92 Å². The number of aromatic hydroxyl groups is 1. The number of nitrogens with one attached hydrogen (secondary N) is 2. The van der Waals surface area contributed by atoms with E-state index in [0.29, 0.717) is 44.1 Å². The first-order valence-corrected chi connectivity index (χ1v) is 9.86. The molecule has 0 bridgehead atoms. The van der Waals surface area contributed by atoms with Gasteiger partial charge in [0.2, 0.25) is 0 Å². The maximum atomic E-state index is 13.0. The molecule has 0 unspecified atom stereocenters. The molecule has 2 aromatic carbocycles. The van der Waals surface area contributed by atoms with E-state index in [1.54, 1.807) is 37.3 Å². The van der Waals surface area contributed by atoms with Crippen molar-refractivity contribution >= 4 is 43.9 Å². The molecule has 0 saturated carbocycles. The minimum absolute atomic E-state index is 0.154. The van der Waals surface area contributed by atoms with Crippen LogP contribution in [0.25, 0.3) is 21.0 Å². The van der Waals surface area contributed by atoms with Gasteiger partial charge in [-0.3, -0.25) is 9.59 Å². The van der Waals surface area contributed by atoms with Gasteiger partial charge in [0.25, 0.3) is 11.5 Å². The molecule has 4 rings (SSSR count).